The highest BCUT2D eigenvalue weighted by molar-refractivity contribution is 5.75. The zero-order valence-corrected chi connectivity index (χ0v) is 16.3. The third-order valence-electron chi connectivity index (χ3n) is 4.87. The predicted molar refractivity (Wildman–Crippen MR) is 108 cm³/mol. The summed E-state index contributed by atoms with van der Waals surface area (Å²) in [5.41, 5.74) is 2.04. The second-order valence-corrected chi connectivity index (χ2v) is 6.89. The van der Waals surface area contributed by atoms with Gasteiger partial charge in [0.25, 0.3) is 0 Å². The lowest BCUT2D eigenvalue weighted by Crippen LogP contribution is -2.42. The molecule has 1 saturated heterocycles. The van der Waals surface area contributed by atoms with Crippen molar-refractivity contribution in [2.75, 3.05) is 26.2 Å². The van der Waals surface area contributed by atoms with Crippen molar-refractivity contribution in [2.24, 2.45) is 0 Å². The highest BCUT2D eigenvalue weighted by Gasteiger charge is 2.20. The molecule has 0 aliphatic carbocycles. The number of amides is 3. The minimum atomic E-state index is -0.108. The van der Waals surface area contributed by atoms with E-state index >= 15 is 0 Å². The van der Waals surface area contributed by atoms with Gasteiger partial charge in [-0.25, -0.2) is 4.79 Å². The normalized spacial score (nSPS) is 14.3. The SMILES string of the molecule is CC(=O)N1CCCN(C(=O)NCc2ccccc2OCc2ccccc2)CC1. The lowest BCUT2D eigenvalue weighted by molar-refractivity contribution is -0.128. The average Bonchev–Trinajstić information content (AvgIpc) is 2.98. The second-order valence-electron chi connectivity index (χ2n) is 6.89. The first-order chi connectivity index (χ1) is 13.6. The molecule has 3 amide bonds. The molecule has 1 fully saturated rings. The van der Waals surface area contributed by atoms with Gasteiger partial charge in [0.15, 0.2) is 0 Å². The summed E-state index contributed by atoms with van der Waals surface area (Å²) in [7, 11) is 0. The summed E-state index contributed by atoms with van der Waals surface area (Å²) in [6.45, 7) is 4.95. The molecule has 2 aromatic rings. The van der Waals surface area contributed by atoms with Crippen molar-refractivity contribution in [1.82, 2.24) is 15.1 Å². The Hall–Kier alpha value is -3.02. The van der Waals surface area contributed by atoms with Crippen LogP contribution in [-0.4, -0.2) is 47.9 Å². The van der Waals surface area contributed by atoms with Crippen LogP contribution in [0.25, 0.3) is 0 Å². The largest absolute Gasteiger partial charge is 0.489 e. The standard InChI is InChI=1S/C22H27N3O3/c1-18(26)24-12-7-13-25(15-14-24)22(27)23-16-20-10-5-6-11-21(20)28-17-19-8-3-2-4-9-19/h2-6,8-11H,7,12-17H2,1H3,(H,23,27). The summed E-state index contributed by atoms with van der Waals surface area (Å²) in [6, 6.07) is 17.6. The third-order valence-corrected chi connectivity index (χ3v) is 4.87. The molecule has 1 aliphatic heterocycles. The number of ether oxygens (including phenoxy) is 1. The van der Waals surface area contributed by atoms with Crippen LogP contribution in [0.1, 0.15) is 24.5 Å². The van der Waals surface area contributed by atoms with Crippen LogP contribution in [-0.2, 0) is 17.9 Å². The molecule has 0 atom stereocenters. The number of hydrogen-bond donors (Lipinski definition) is 1. The maximum absolute atomic E-state index is 12.6. The predicted octanol–water partition coefficient (Wildman–Crippen LogP) is 3.03. The molecule has 0 aromatic heterocycles. The van der Waals surface area contributed by atoms with E-state index in [1.54, 1.807) is 16.7 Å². The Balaban J connectivity index is 1.54. The third kappa shape index (κ3) is 5.49. The van der Waals surface area contributed by atoms with Gasteiger partial charge in [-0.3, -0.25) is 4.79 Å². The Bertz CT molecular complexity index is 795. The first kappa shape index (κ1) is 19.7. The lowest BCUT2D eigenvalue weighted by Gasteiger charge is -2.22. The Morgan fingerprint density at radius 2 is 1.61 bits per heavy atom. The molecule has 0 radical (unpaired) electrons. The number of rotatable bonds is 5. The van der Waals surface area contributed by atoms with Crippen molar-refractivity contribution in [2.45, 2.75) is 26.5 Å². The van der Waals surface area contributed by atoms with Gasteiger partial charge in [0, 0.05) is 45.2 Å². The van der Waals surface area contributed by atoms with E-state index in [1.165, 1.54) is 0 Å². The molecule has 2 aromatic carbocycles. The van der Waals surface area contributed by atoms with Crippen molar-refractivity contribution in [3.05, 3.63) is 65.7 Å². The van der Waals surface area contributed by atoms with Crippen LogP contribution in [0.5, 0.6) is 5.75 Å². The van der Waals surface area contributed by atoms with Crippen LogP contribution in [0.3, 0.4) is 0 Å². The summed E-state index contributed by atoms with van der Waals surface area (Å²) >= 11 is 0. The number of nitrogens with zero attached hydrogens (tertiary/aromatic N) is 2. The highest BCUT2D eigenvalue weighted by Crippen LogP contribution is 2.19. The summed E-state index contributed by atoms with van der Waals surface area (Å²) in [6.07, 6.45) is 0.795. The van der Waals surface area contributed by atoms with Gasteiger partial charge in [0.05, 0.1) is 0 Å². The Kier molecular flexibility index (Phi) is 6.89. The van der Waals surface area contributed by atoms with E-state index in [9.17, 15) is 9.59 Å². The van der Waals surface area contributed by atoms with E-state index in [4.69, 9.17) is 4.74 Å². The van der Waals surface area contributed by atoms with Crippen molar-refractivity contribution in [3.63, 3.8) is 0 Å². The molecular weight excluding hydrogens is 354 g/mol. The van der Waals surface area contributed by atoms with Crippen molar-refractivity contribution in [1.29, 1.82) is 0 Å². The monoisotopic (exact) mass is 381 g/mol. The Morgan fingerprint density at radius 3 is 2.39 bits per heavy atom. The smallest absolute Gasteiger partial charge is 0.317 e. The molecule has 0 spiro atoms. The fourth-order valence-electron chi connectivity index (χ4n) is 3.24. The molecule has 1 aliphatic rings. The first-order valence-corrected chi connectivity index (χ1v) is 9.66. The van der Waals surface area contributed by atoms with E-state index < -0.39 is 0 Å². The molecule has 0 bridgehead atoms. The molecular formula is C22H27N3O3. The molecule has 1 N–H and O–H groups in total. The molecule has 148 valence electrons. The van der Waals surface area contributed by atoms with Gasteiger partial charge in [0.1, 0.15) is 12.4 Å². The number of para-hydroxylation sites is 1. The van der Waals surface area contributed by atoms with Crippen LogP contribution in [0.4, 0.5) is 4.79 Å². The maximum atomic E-state index is 12.6. The van der Waals surface area contributed by atoms with Crippen LogP contribution in [0.2, 0.25) is 0 Å². The molecule has 3 rings (SSSR count). The summed E-state index contributed by atoms with van der Waals surface area (Å²) in [4.78, 5) is 27.7. The number of hydrogen-bond acceptors (Lipinski definition) is 3. The highest BCUT2D eigenvalue weighted by atomic mass is 16.5. The van der Waals surface area contributed by atoms with E-state index in [-0.39, 0.29) is 11.9 Å². The number of carbonyl (C=O) groups is 2. The van der Waals surface area contributed by atoms with Gasteiger partial charge in [-0.15, -0.1) is 0 Å². The molecule has 28 heavy (non-hydrogen) atoms. The fraction of sp³-hybridized carbons (Fsp3) is 0.364. The second kappa shape index (κ2) is 9.78. The van der Waals surface area contributed by atoms with Crippen molar-refractivity contribution < 1.29 is 14.3 Å². The van der Waals surface area contributed by atoms with Gasteiger partial charge in [-0.1, -0.05) is 48.5 Å². The summed E-state index contributed by atoms with van der Waals surface area (Å²) in [5, 5.41) is 2.98. The molecule has 1 heterocycles. The number of carbonyl (C=O) groups excluding carboxylic acids is 2. The van der Waals surface area contributed by atoms with Crippen LogP contribution in [0, 0.1) is 0 Å². The van der Waals surface area contributed by atoms with Gasteiger partial charge < -0.3 is 19.9 Å². The molecule has 6 heteroatoms. The number of urea groups is 1. The first-order valence-electron chi connectivity index (χ1n) is 9.66. The summed E-state index contributed by atoms with van der Waals surface area (Å²) in [5.74, 6) is 0.831. The van der Waals surface area contributed by atoms with Crippen LogP contribution >= 0.6 is 0 Å². The quantitative estimate of drug-likeness (QED) is 0.866. The zero-order chi connectivity index (χ0) is 19.8. The van der Waals surface area contributed by atoms with Crippen LogP contribution in [0.15, 0.2) is 54.6 Å². The Morgan fingerprint density at radius 1 is 0.929 bits per heavy atom. The van der Waals surface area contributed by atoms with Gasteiger partial charge in [-0.2, -0.15) is 0 Å². The minimum absolute atomic E-state index is 0.0618. The van der Waals surface area contributed by atoms with E-state index in [2.05, 4.69) is 5.32 Å². The van der Waals surface area contributed by atoms with Gasteiger partial charge >= 0.3 is 6.03 Å². The molecule has 0 saturated carbocycles. The maximum Gasteiger partial charge on any atom is 0.317 e. The minimum Gasteiger partial charge on any atom is -0.489 e. The van der Waals surface area contributed by atoms with Crippen molar-refractivity contribution in [3.8, 4) is 5.75 Å². The van der Waals surface area contributed by atoms with Gasteiger partial charge in [0.2, 0.25) is 5.91 Å². The van der Waals surface area contributed by atoms with E-state index in [0.29, 0.717) is 39.3 Å². The topological polar surface area (TPSA) is 61.9 Å². The van der Waals surface area contributed by atoms with Gasteiger partial charge in [-0.05, 0) is 18.1 Å². The molecule has 6 nitrogen and oxygen atoms in total. The van der Waals surface area contributed by atoms with Crippen molar-refractivity contribution >= 4 is 11.9 Å². The van der Waals surface area contributed by atoms with E-state index in [0.717, 1.165) is 23.3 Å². The lowest BCUT2D eigenvalue weighted by atomic mass is 10.2. The molecule has 0 unspecified atom stereocenters. The summed E-state index contributed by atoms with van der Waals surface area (Å²) < 4.78 is 5.95. The van der Waals surface area contributed by atoms with Crippen LogP contribution < -0.4 is 10.1 Å². The number of benzene rings is 2. The number of nitrogens with one attached hydrogen (secondary N) is 1. The Labute approximate surface area is 166 Å². The average molecular weight is 381 g/mol. The van der Waals surface area contributed by atoms with E-state index in [1.807, 2.05) is 54.6 Å². The fourth-order valence-corrected chi connectivity index (χ4v) is 3.24. The zero-order valence-electron chi connectivity index (χ0n) is 16.3.